The van der Waals surface area contributed by atoms with Gasteiger partial charge in [0.25, 0.3) is 0 Å². The van der Waals surface area contributed by atoms with Crippen LogP contribution in [0.25, 0.3) is 0 Å². The van der Waals surface area contributed by atoms with Gasteiger partial charge in [0.1, 0.15) is 0 Å². The number of likely N-dealkylation sites (tertiary alicyclic amines) is 1. The van der Waals surface area contributed by atoms with Crippen LogP contribution in [-0.4, -0.2) is 42.1 Å². The van der Waals surface area contributed by atoms with Crippen LogP contribution in [0.4, 0.5) is 4.79 Å². The van der Waals surface area contributed by atoms with E-state index in [2.05, 4.69) is 5.32 Å². The van der Waals surface area contributed by atoms with Gasteiger partial charge in [-0.1, -0.05) is 0 Å². The van der Waals surface area contributed by atoms with Gasteiger partial charge in [-0.05, 0) is 6.42 Å². The Morgan fingerprint density at radius 1 is 1.58 bits per heavy atom. The summed E-state index contributed by atoms with van der Waals surface area (Å²) in [6, 6.07) is -0.196. The average molecular weight is 172 g/mol. The summed E-state index contributed by atoms with van der Waals surface area (Å²) >= 11 is 0. The molecule has 1 aliphatic heterocycles. The van der Waals surface area contributed by atoms with Crippen molar-refractivity contribution in [3.8, 4) is 0 Å². The quantitative estimate of drug-likeness (QED) is 0.572. The zero-order valence-electron chi connectivity index (χ0n) is 6.91. The Hall–Kier alpha value is -1.26. The number of hydrogen-bond donors (Lipinski definition) is 2. The number of nitrogens with one attached hydrogen (secondary N) is 1. The molecule has 1 rings (SSSR count). The zero-order chi connectivity index (χ0) is 9.14. The minimum Gasteiger partial charge on any atom is -0.481 e. The van der Waals surface area contributed by atoms with Crippen molar-refractivity contribution in [2.45, 2.75) is 6.42 Å². The lowest BCUT2D eigenvalue weighted by Crippen LogP contribution is -2.36. The lowest BCUT2D eigenvalue weighted by Gasteiger charge is -2.14. The lowest BCUT2D eigenvalue weighted by molar-refractivity contribution is -0.141. The maximum atomic E-state index is 11.0. The molecule has 2 amide bonds. The molecule has 0 aromatic heterocycles. The van der Waals surface area contributed by atoms with Crippen molar-refractivity contribution < 1.29 is 14.7 Å². The maximum absolute atomic E-state index is 11.0. The maximum Gasteiger partial charge on any atom is 0.317 e. The summed E-state index contributed by atoms with van der Waals surface area (Å²) in [6.07, 6.45) is 0.558. The first-order chi connectivity index (χ1) is 5.65. The van der Waals surface area contributed by atoms with Crippen molar-refractivity contribution in [2.75, 3.05) is 20.1 Å². The molecular formula is C7H12N2O3. The molecule has 0 spiro atoms. The van der Waals surface area contributed by atoms with Crippen molar-refractivity contribution in [1.29, 1.82) is 0 Å². The molecule has 1 aliphatic rings. The second kappa shape index (κ2) is 3.42. The SMILES string of the molecule is CNC(=O)N1CCC(C(=O)O)C1. The van der Waals surface area contributed by atoms with Crippen LogP contribution < -0.4 is 5.32 Å². The summed E-state index contributed by atoms with van der Waals surface area (Å²) in [5.74, 6) is -1.20. The molecule has 2 N–H and O–H groups in total. The summed E-state index contributed by atoms with van der Waals surface area (Å²) in [5.41, 5.74) is 0. The molecule has 0 bridgehead atoms. The topological polar surface area (TPSA) is 69.6 Å². The third-order valence-corrected chi connectivity index (χ3v) is 2.04. The van der Waals surface area contributed by atoms with Crippen LogP contribution in [0.15, 0.2) is 0 Å². The predicted octanol–water partition coefficient (Wildman–Crippen LogP) is -0.268. The summed E-state index contributed by atoms with van der Waals surface area (Å²) in [7, 11) is 1.54. The number of amides is 2. The second-order valence-corrected chi connectivity index (χ2v) is 2.83. The number of urea groups is 1. The molecule has 1 unspecified atom stereocenters. The van der Waals surface area contributed by atoms with Gasteiger partial charge in [0.15, 0.2) is 0 Å². The van der Waals surface area contributed by atoms with Gasteiger partial charge >= 0.3 is 12.0 Å². The summed E-state index contributed by atoms with van der Waals surface area (Å²) in [4.78, 5) is 23.0. The fraction of sp³-hybridized carbons (Fsp3) is 0.714. The molecule has 0 aromatic rings. The van der Waals surface area contributed by atoms with E-state index in [0.29, 0.717) is 19.5 Å². The second-order valence-electron chi connectivity index (χ2n) is 2.83. The normalized spacial score (nSPS) is 22.4. The molecule has 5 heteroatoms. The number of nitrogens with zero attached hydrogens (tertiary/aromatic N) is 1. The Balaban J connectivity index is 2.45. The molecule has 0 saturated carbocycles. The van der Waals surface area contributed by atoms with E-state index in [0.717, 1.165) is 0 Å². The average Bonchev–Trinajstić information content (AvgIpc) is 2.51. The molecular weight excluding hydrogens is 160 g/mol. The fourth-order valence-corrected chi connectivity index (χ4v) is 1.30. The largest absolute Gasteiger partial charge is 0.481 e. The molecule has 1 atom stereocenters. The van der Waals surface area contributed by atoms with E-state index >= 15 is 0 Å². The molecule has 1 fully saturated rings. The van der Waals surface area contributed by atoms with Gasteiger partial charge in [-0.15, -0.1) is 0 Å². The van der Waals surface area contributed by atoms with E-state index in [1.807, 2.05) is 0 Å². The van der Waals surface area contributed by atoms with Crippen molar-refractivity contribution in [1.82, 2.24) is 10.2 Å². The highest BCUT2D eigenvalue weighted by Gasteiger charge is 2.30. The molecule has 1 saturated heterocycles. The van der Waals surface area contributed by atoms with Gasteiger partial charge in [-0.25, -0.2) is 4.79 Å². The third-order valence-electron chi connectivity index (χ3n) is 2.04. The van der Waals surface area contributed by atoms with Gasteiger partial charge in [0.2, 0.25) is 0 Å². The highest BCUT2D eigenvalue weighted by Crippen LogP contribution is 2.15. The number of rotatable bonds is 1. The molecule has 0 aliphatic carbocycles. The Bertz CT molecular complexity index is 205. The summed E-state index contributed by atoms with van der Waals surface area (Å²) < 4.78 is 0. The zero-order valence-corrected chi connectivity index (χ0v) is 6.91. The highest BCUT2D eigenvalue weighted by atomic mass is 16.4. The smallest absolute Gasteiger partial charge is 0.317 e. The van der Waals surface area contributed by atoms with Crippen LogP contribution >= 0.6 is 0 Å². The van der Waals surface area contributed by atoms with Gasteiger partial charge in [-0.3, -0.25) is 4.79 Å². The number of carbonyl (C=O) groups excluding carboxylic acids is 1. The van der Waals surface area contributed by atoms with Crippen LogP contribution in [0.3, 0.4) is 0 Å². The minimum absolute atomic E-state index is 0.196. The first-order valence-electron chi connectivity index (χ1n) is 3.84. The van der Waals surface area contributed by atoms with Crippen LogP contribution in [0.5, 0.6) is 0 Å². The van der Waals surface area contributed by atoms with Crippen LogP contribution in [0, 0.1) is 5.92 Å². The Morgan fingerprint density at radius 2 is 2.25 bits per heavy atom. The van der Waals surface area contributed by atoms with Crippen LogP contribution in [0.1, 0.15) is 6.42 Å². The predicted molar refractivity (Wildman–Crippen MR) is 41.8 cm³/mol. The number of hydrogen-bond acceptors (Lipinski definition) is 2. The summed E-state index contributed by atoms with van der Waals surface area (Å²) in [6.45, 7) is 0.867. The molecule has 5 nitrogen and oxygen atoms in total. The Labute approximate surface area is 70.4 Å². The minimum atomic E-state index is -0.818. The van der Waals surface area contributed by atoms with E-state index in [1.165, 1.54) is 11.9 Å². The lowest BCUT2D eigenvalue weighted by atomic mass is 10.1. The number of carboxylic acids is 1. The first-order valence-corrected chi connectivity index (χ1v) is 3.84. The van der Waals surface area contributed by atoms with Gasteiger partial charge in [0, 0.05) is 20.1 Å². The van der Waals surface area contributed by atoms with Gasteiger partial charge < -0.3 is 15.3 Å². The van der Waals surface area contributed by atoms with Crippen LogP contribution in [0.2, 0.25) is 0 Å². The van der Waals surface area contributed by atoms with Crippen molar-refractivity contribution in [3.05, 3.63) is 0 Å². The van der Waals surface area contributed by atoms with Crippen LogP contribution in [-0.2, 0) is 4.79 Å². The molecule has 0 radical (unpaired) electrons. The molecule has 68 valence electrons. The standard InChI is InChI=1S/C7H12N2O3/c1-8-7(12)9-3-2-5(4-9)6(10)11/h5H,2-4H2,1H3,(H,8,12)(H,10,11). The van der Waals surface area contributed by atoms with E-state index in [1.54, 1.807) is 0 Å². The van der Waals surface area contributed by atoms with E-state index < -0.39 is 5.97 Å². The number of aliphatic carboxylic acids is 1. The van der Waals surface area contributed by atoms with Crippen molar-refractivity contribution in [2.24, 2.45) is 5.92 Å². The summed E-state index contributed by atoms with van der Waals surface area (Å²) in [5, 5.41) is 11.1. The monoisotopic (exact) mass is 172 g/mol. The molecule has 0 aromatic carbocycles. The Morgan fingerprint density at radius 3 is 2.67 bits per heavy atom. The van der Waals surface area contributed by atoms with E-state index in [-0.39, 0.29) is 11.9 Å². The molecule has 1 heterocycles. The van der Waals surface area contributed by atoms with Crippen molar-refractivity contribution >= 4 is 12.0 Å². The molecule has 12 heavy (non-hydrogen) atoms. The van der Waals surface area contributed by atoms with Gasteiger partial charge in [-0.2, -0.15) is 0 Å². The first kappa shape index (κ1) is 8.83. The van der Waals surface area contributed by atoms with E-state index in [4.69, 9.17) is 5.11 Å². The van der Waals surface area contributed by atoms with Gasteiger partial charge in [0.05, 0.1) is 5.92 Å². The van der Waals surface area contributed by atoms with Crippen molar-refractivity contribution in [3.63, 3.8) is 0 Å². The number of carboxylic acid groups (broad SMARTS) is 1. The van der Waals surface area contributed by atoms with E-state index in [9.17, 15) is 9.59 Å². The third kappa shape index (κ3) is 1.66. The number of carbonyl (C=O) groups is 2. The Kier molecular flexibility index (Phi) is 2.52. The highest BCUT2D eigenvalue weighted by molar-refractivity contribution is 5.77. The fourth-order valence-electron chi connectivity index (χ4n) is 1.30.